The summed E-state index contributed by atoms with van der Waals surface area (Å²) in [6, 6.07) is 4.54. The lowest BCUT2D eigenvalue weighted by atomic mass is 10.1. The summed E-state index contributed by atoms with van der Waals surface area (Å²) in [6.07, 6.45) is 6.09. The Morgan fingerprint density at radius 3 is 3.12 bits per heavy atom. The molecule has 1 saturated heterocycles. The first kappa shape index (κ1) is 13.9. The van der Waals surface area contributed by atoms with Gasteiger partial charge in [-0.25, -0.2) is 0 Å². The van der Waals surface area contributed by atoms with Gasteiger partial charge in [-0.3, -0.25) is 9.58 Å². The summed E-state index contributed by atoms with van der Waals surface area (Å²) in [6.45, 7) is 4.06. The lowest BCUT2D eigenvalue weighted by molar-refractivity contribution is 0.196. The predicted octanol–water partition coefficient (Wildman–Crippen LogP) is 0.588. The second kappa shape index (κ2) is 5.27. The molecular formula is C16H20N8. The van der Waals surface area contributed by atoms with E-state index in [0.29, 0.717) is 6.04 Å². The molecule has 5 rings (SSSR count). The summed E-state index contributed by atoms with van der Waals surface area (Å²) >= 11 is 0. The van der Waals surface area contributed by atoms with Crippen LogP contribution in [-0.2, 0) is 19.5 Å². The highest BCUT2D eigenvalue weighted by atomic mass is 15.4. The van der Waals surface area contributed by atoms with Gasteiger partial charge in [-0.2, -0.15) is 9.61 Å². The molecule has 0 aliphatic carbocycles. The van der Waals surface area contributed by atoms with Gasteiger partial charge >= 0.3 is 0 Å². The van der Waals surface area contributed by atoms with Gasteiger partial charge < -0.3 is 4.90 Å². The van der Waals surface area contributed by atoms with Crippen LogP contribution in [0.25, 0.3) is 5.65 Å². The normalized spacial score (nSPS) is 17.7. The zero-order valence-corrected chi connectivity index (χ0v) is 13.7. The molecule has 0 atom stereocenters. The van der Waals surface area contributed by atoms with Crippen LogP contribution in [0.15, 0.2) is 24.7 Å². The largest absolute Gasteiger partial charge is 0.352 e. The second-order valence-electron chi connectivity index (χ2n) is 6.74. The molecule has 0 bridgehead atoms. The highest BCUT2D eigenvalue weighted by molar-refractivity contribution is 5.47. The summed E-state index contributed by atoms with van der Waals surface area (Å²) in [5.74, 6) is 0.985. The third-order valence-corrected chi connectivity index (χ3v) is 5.20. The SMILES string of the molecule is CN(Cc1cnn2c1CCC2)C1CN(c2ccc3nncn3n2)C1. The quantitative estimate of drug-likeness (QED) is 0.700. The van der Waals surface area contributed by atoms with E-state index in [-0.39, 0.29) is 0 Å². The van der Waals surface area contributed by atoms with Crippen molar-refractivity contribution in [2.45, 2.75) is 32.0 Å². The first-order valence-electron chi connectivity index (χ1n) is 8.44. The number of aryl methyl sites for hydroxylation is 1. The van der Waals surface area contributed by atoms with E-state index in [1.807, 2.05) is 18.3 Å². The molecule has 2 aliphatic rings. The Balaban J connectivity index is 1.24. The molecule has 0 N–H and O–H groups in total. The van der Waals surface area contributed by atoms with Crippen LogP contribution >= 0.6 is 0 Å². The summed E-state index contributed by atoms with van der Waals surface area (Å²) in [5, 5.41) is 16.9. The molecule has 0 amide bonds. The van der Waals surface area contributed by atoms with Crippen molar-refractivity contribution < 1.29 is 0 Å². The van der Waals surface area contributed by atoms with Crippen LogP contribution in [-0.4, -0.2) is 60.7 Å². The van der Waals surface area contributed by atoms with E-state index in [9.17, 15) is 0 Å². The Bertz CT molecular complexity index is 875. The van der Waals surface area contributed by atoms with Gasteiger partial charge in [-0.1, -0.05) is 0 Å². The average molecular weight is 324 g/mol. The van der Waals surface area contributed by atoms with Crippen LogP contribution in [0, 0.1) is 0 Å². The van der Waals surface area contributed by atoms with Gasteiger partial charge in [0.2, 0.25) is 0 Å². The average Bonchev–Trinajstić information content (AvgIpc) is 3.23. The van der Waals surface area contributed by atoms with Gasteiger partial charge in [0, 0.05) is 43.5 Å². The van der Waals surface area contributed by atoms with E-state index in [0.717, 1.165) is 37.6 Å². The third kappa shape index (κ3) is 2.17. The zero-order valence-electron chi connectivity index (χ0n) is 13.7. The number of fused-ring (bicyclic) bond motifs is 2. The third-order valence-electron chi connectivity index (χ3n) is 5.20. The van der Waals surface area contributed by atoms with Crippen LogP contribution in [0.4, 0.5) is 5.82 Å². The lowest BCUT2D eigenvalue weighted by Gasteiger charge is -2.44. The predicted molar refractivity (Wildman–Crippen MR) is 88.8 cm³/mol. The smallest absolute Gasteiger partial charge is 0.177 e. The minimum Gasteiger partial charge on any atom is -0.352 e. The van der Waals surface area contributed by atoms with E-state index in [2.05, 4.69) is 41.9 Å². The van der Waals surface area contributed by atoms with Crippen molar-refractivity contribution in [2.75, 3.05) is 25.0 Å². The van der Waals surface area contributed by atoms with Crippen LogP contribution in [0.3, 0.4) is 0 Å². The molecule has 0 saturated carbocycles. The number of nitrogens with zero attached hydrogens (tertiary/aromatic N) is 8. The van der Waals surface area contributed by atoms with E-state index in [1.165, 1.54) is 24.1 Å². The van der Waals surface area contributed by atoms with Crippen molar-refractivity contribution in [1.29, 1.82) is 0 Å². The summed E-state index contributed by atoms with van der Waals surface area (Å²) in [5.41, 5.74) is 3.60. The Hall–Kier alpha value is -2.48. The number of hydrogen-bond donors (Lipinski definition) is 0. The van der Waals surface area contributed by atoms with Crippen molar-refractivity contribution in [3.05, 3.63) is 35.9 Å². The van der Waals surface area contributed by atoms with Crippen LogP contribution in [0.5, 0.6) is 0 Å². The van der Waals surface area contributed by atoms with Crippen molar-refractivity contribution >= 4 is 11.5 Å². The van der Waals surface area contributed by atoms with Crippen LogP contribution < -0.4 is 4.90 Å². The highest BCUT2D eigenvalue weighted by Gasteiger charge is 2.32. The van der Waals surface area contributed by atoms with Crippen LogP contribution in [0.1, 0.15) is 17.7 Å². The molecular weight excluding hydrogens is 304 g/mol. The Morgan fingerprint density at radius 2 is 2.21 bits per heavy atom. The molecule has 3 aromatic heterocycles. The first-order valence-corrected chi connectivity index (χ1v) is 8.44. The molecule has 3 aromatic rings. The molecule has 0 radical (unpaired) electrons. The highest BCUT2D eigenvalue weighted by Crippen LogP contribution is 2.24. The Morgan fingerprint density at radius 1 is 1.29 bits per heavy atom. The van der Waals surface area contributed by atoms with Gasteiger partial charge in [-0.15, -0.1) is 15.3 Å². The molecule has 24 heavy (non-hydrogen) atoms. The maximum Gasteiger partial charge on any atom is 0.177 e. The van der Waals surface area contributed by atoms with Gasteiger partial charge in [0.05, 0.1) is 6.20 Å². The molecule has 0 unspecified atom stereocenters. The molecule has 124 valence electrons. The molecule has 0 aromatic carbocycles. The fourth-order valence-corrected chi connectivity index (χ4v) is 3.67. The fourth-order valence-electron chi connectivity index (χ4n) is 3.67. The van der Waals surface area contributed by atoms with Crippen molar-refractivity contribution in [2.24, 2.45) is 0 Å². The molecule has 1 fully saturated rings. The van der Waals surface area contributed by atoms with Gasteiger partial charge in [-0.05, 0) is 32.0 Å². The standard InChI is InChI=1S/C16H20N8/c1-21(8-12-7-18-23-6-2-3-14(12)23)13-9-22(10-13)16-5-4-15-19-17-11-24(15)20-16/h4-5,7,11,13H,2-3,6,8-10H2,1H3. The summed E-state index contributed by atoms with van der Waals surface area (Å²) in [7, 11) is 2.21. The number of aromatic nitrogens is 6. The van der Waals surface area contributed by atoms with Crippen LogP contribution in [0.2, 0.25) is 0 Å². The number of anilines is 1. The van der Waals surface area contributed by atoms with Crippen molar-refractivity contribution in [3.8, 4) is 0 Å². The van der Waals surface area contributed by atoms with Gasteiger partial charge in [0.1, 0.15) is 12.1 Å². The van der Waals surface area contributed by atoms with E-state index in [4.69, 9.17) is 0 Å². The maximum absolute atomic E-state index is 4.56. The number of rotatable bonds is 4. The molecule has 8 heteroatoms. The maximum atomic E-state index is 4.56. The van der Waals surface area contributed by atoms with Gasteiger partial charge in [0.15, 0.2) is 5.65 Å². The molecule has 8 nitrogen and oxygen atoms in total. The minimum absolute atomic E-state index is 0.556. The van der Waals surface area contributed by atoms with Gasteiger partial charge in [0.25, 0.3) is 0 Å². The molecule has 2 aliphatic heterocycles. The Labute approximate surface area is 139 Å². The summed E-state index contributed by atoms with van der Waals surface area (Å²) < 4.78 is 3.89. The molecule has 0 spiro atoms. The lowest BCUT2D eigenvalue weighted by Crippen LogP contribution is -2.58. The van der Waals surface area contributed by atoms with Crippen molar-refractivity contribution in [3.63, 3.8) is 0 Å². The van der Waals surface area contributed by atoms with E-state index in [1.54, 1.807) is 10.8 Å². The number of likely N-dealkylation sites (N-methyl/N-ethyl adjacent to an activating group) is 1. The molecule has 5 heterocycles. The van der Waals surface area contributed by atoms with Crippen molar-refractivity contribution in [1.82, 2.24) is 34.5 Å². The topological polar surface area (TPSA) is 67.4 Å². The Kier molecular flexibility index (Phi) is 3.05. The zero-order chi connectivity index (χ0) is 16.1. The minimum atomic E-state index is 0.556. The first-order chi connectivity index (χ1) is 11.8. The van der Waals surface area contributed by atoms with E-state index < -0.39 is 0 Å². The number of hydrogen-bond acceptors (Lipinski definition) is 6. The monoisotopic (exact) mass is 324 g/mol. The summed E-state index contributed by atoms with van der Waals surface area (Å²) in [4.78, 5) is 4.73. The second-order valence-corrected chi connectivity index (χ2v) is 6.74. The van der Waals surface area contributed by atoms with E-state index >= 15 is 0 Å². The fraction of sp³-hybridized carbons (Fsp3) is 0.500.